The third kappa shape index (κ3) is 3.24. The number of rotatable bonds is 4. The largest absolute Gasteiger partial charge is 0.318 e. The molecule has 0 aromatic carbocycles. The molecule has 7 nitrogen and oxygen atoms in total. The van der Waals surface area contributed by atoms with E-state index < -0.39 is 0 Å². The molecule has 1 amide bonds. The van der Waals surface area contributed by atoms with Gasteiger partial charge in [0.25, 0.3) is 0 Å². The maximum absolute atomic E-state index is 11.9. The maximum Gasteiger partial charge on any atom is 0.250 e. The van der Waals surface area contributed by atoms with Crippen molar-refractivity contribution >= 4 is 11.6 Å². The van der Waals surface area contributed by atoms with Crippen molar-refractivity contribution in [3.05, 3.63) is 46.6 Å². The van der Waals surface area contributed by atoms with E-state index in [9.17, 15) is 9.59 Å². The van der Waals surface area contributed by atoms with Gasteiger partial charge >= 0.3 is 0 Å². The van der Waals surface area contributed by atoms with Gasteiger partial charge in [0.05, 0.1) is 17.9 Å². The number of pyridine rings is 1. The predicted octanol–water partition coefficient (Wildman–Crippen LogP) is 1.16. The molecule has 0 N–H and O–H groups in total. The summed E-state index contributed by atoms with van der Waals surface area (Å²) in [6.45, 7) is 3.57. The first-order chi connectivity index (χ1) is 12.1. The van der Waals surface area contributed by atoms with Crippen LogP contribution in [0.1, 0.15) is 30.9 Å². The number of anilines is 1. The van der Waals surface area contributed by atoms with E-state index in [1.165, 1.54) is 0 Å². The Labute approximate surface area is 146 Å². The Morgan fingerprint density at radius 1 is 1.20 bits per heavy atom. The van der Waals surface area contributed by atoms with E-state index >= 15 is 0 Å². The third-order valence-electron chi connectivity index (χ3n) is 5.15. The summed E-state index contributed by atoms with van der Waals surface area (Å²) in [7, 11) is 1.78. The summed E-state index contributed by atoms with van der Waals surface area (Å²) in [5, 5.41) is 4.50. The topological polar surface area (TPSA) is 63.4 Å². The van der Waals surface area contributed by atoms with Gasteiger partial charge in [-0.05, 0) is 18.4 Å². The second-order valence-corrected chi connectivity index (χ2v) is 6.99. The fraction of sp³-hybridized carbons (Fsp3) is 0.500. The first-order valence-electron chi connectivity index (χ1n) is 8.82. The van der Waals surface area contributed by atoms with Gasteiger partial charge in [-0.1, -0.05) is 6.07 Å². The lowest BCUT2D eigenvalue weighted by Crippen LogP contribution is -2.24. The van der Waals surface area contributed by atoms with Gasteiger partial charge in [-0.15, -0.1) is 0 Å². The summed E-state index contributed by atoms with van der Waals surface area (Å²) < 4.78 is 3.62. The predicted molar refractivity (Wildman–Crippen MR) is 94.4 cm³/mol. The van der Waals surface area contributed by atoms with Crippen molar-refractivity contribution in [1.82, 2.24) is 19.2 Å². The number of hydrogen-bond acceptors (Lipinski definition) is 4. The lowest BCUT2D eigenvalue weighted by Gasteiger charge is -2.17. The Morgan fingerprint density at radius 3 is 2.84 bits per heavy atom. The SMILES string of the molecule is Cn1cc(CN2CCC(n3cc(N4CCCC4=O)cn3)C2)ccc1=O. The first kappa shape index (κ1) is 16.1. The van der Waals surface area contributed by atoms with Crippen LogP contribution in [0.4, 0.5) is 5.69 Å². The van der Waals surface area contributed by atoms with Gasteiger partial charge in [-0.3, -0.25) is 19.2 Å². The number of likely N-dealkylation sites (tertiary alicyclic amines) is 1. The first-order valence-corrected chi connectivity index (χ1v) is 8.82. The Morgan fingerprint density at radius 2 is 2.08 bits per heavy atom. The van der Waals surface area contributed by atoms with Crippen molar-refractivity contribution in [2.45, 2.75) is 31.8 Å². The van der Waals surface area contributed by atoms with E-state index in [0.717, 1.165) is 50.3 Å². The highest BCUT2D eigenvalue weighted by atomic mass is 16.2. The van der Waals surface area contributed by atoms with Gasteiger partial charge in [-0.2, -0.15) is 5.10 Å². The summed E-state index contributed by atoms with van der Waals surface area (Å²) >= 11 is 0. The molecule has 0 bridgehead atoms. The van der Waals surface area contributed by atoms with Gasteiger partial charge in [0.1, 0.15) is 0 Å². The molecule has 4 heterocycles. The third-order valence-corrected chi connectivity index (χ3v) is 5.15. The highest BCUT2D eigenvalue weighted by Crippen LogP contribution is 2.26. The monoisotopic (exact) mass is 341 g/mol. The number of hydrogen-bond donors (Lipinski definition) is 0. The lowest BCUT2D eigenvalue weighted by atomic mass is 10.2. The molecule has 4 rings (SSSR count). The highest BCUT2D eigenvalue weighted by molar-refractivity contribution is 5.95. The van der Waals surface area contributed by atoms with E-state index in [1.807, 2.05) is 28.0 Å². The summed E-state index contributed by atoms with van der Waals surface area (Å²) in [4.78, 5) is 27.6. The van der Waals surface area contributed by atoms with Crippen molar-refractivity contribution < 1.29 is 4.79 Å². The average molecular weight is 341 g/mol. The van der Waals surface area contributed by atoms with Crippen LogP contribution in [-0.4, -0.2) is 44.8 Å². The summed E-state index contributed by atoms with van der Waals surface area (Å²) in [5.41, 5.74) is 2.08. The zero-order valence-corrected chi connectivity index (χ0v) is 14.5. The Balaban J connectivity index is 1.40. The normalized spacial score (nSPS) is 21.4. The van der Waals surface area contributed by atoms with Crippen molar-refractivity contribution in [3.8, 4) is 0 Å². The second-order valence-electron chi connectivity index (χ2n) is 6.99. The molecule has 2 aliphatic heterocycles. The quantitative estimate of drug-likeness (QED) is 0.837. The van der Waals surface area contributed by atoms with Crippen LogP contribution in [0.25, 0.3) is 0 Å². The highest BCUT2D eigenvalue weighted by Gasteiger charge is 2.27. The van der Waals surface area contributed by atoms with Gasteiger partial charge in [0.2, 0.25) is 11.5 Å². The molecule has 2 saturated heterocycles. The molecule has 132 valence electrons. The van der Waals surface area contributed by atoms with Crippen LogP contribution in [0.5, 0.6) is 0 Å². The van der Waals surface area contributed by atoms with E-state index in [4.69, 9.17) is 0 Å². The summed E-state index contributed by atoms with van der Waals surface area (Å²) in [6, 6.07) is 3.86. The van der Waals surface area contributed by atoms with Crippen LogP contribution in [0.15, 0.2) is 35.5 Å². The second kappa shape index (κ2) is 6.48. The standard InChI is InChI=1S/C18H23N5O2/c1-20-10-14(4-5-17(20)24)11-21-8-6-15(12-21)23-13-16(9-19-23)22-7-2-3-18(22)25/h4-5,9-10,13,15H,2-3,6-8,11-12H2,1H3. The number of carbonyl (C=O) groups is 1. The number of aromatic nitrogens is 3. The molecule has 1 atom stereocenters. The molecule has 2 aromatic rings. The van der Waals surface area contributed by atoms with E-state index in [2.05, 4.69) is 10.00 Å². The minimum Gasteiger partial charge on any atom is -0.318 e. The van der Waals surface area contributed by atoms with E-state index in [1.54, 1.807) is 23.9 Å². The molecule has 25 heavy (non-hydrogen) atoms. The molecule has 0 aliphatic carbocycles. The fourth-order valence-corrected chi connectivity index (χ4v) is 3.76. The van der Waals surface area contributed by atoms with Gasteiger partial charge < -0.3 is 9.47 Å². The minimum atomic E-state index is 0.0172. The minimum absolute atomic E-state index is 0.0172. The number of nitrogens with zero attached hydrogens (tertiary/aromatic N) is 5. The molecule has 0 radical (unpaired) electrons. The van der Waals surface area contributed by atoms with Crippen LogP contribution in [0.2, 0.25) is 0 Å². The maximum atomic E-state index is 11.9. The van der Waals surface area contributed by atoms with Crippen LogP contribution in [0.3, 0.4) is 0 Å². The fourth-order valence-electron chi connectivity index (χ4n) is 3.76. The Kier molecular flexibility index (Phi) is 4.17. The van der Waals surface area contributed by atoms with Gasteiger partial charge in [0.15, 0.2) is 0 Å². The summed E-state index contributed by atoms with van der Waals surface area (Å²) in [5.74, 6) is 0.197. The molecule has 0 spiro atoms. The molecule has 2 fully saturated rings. The molecule has 1 unspecified atom stereocenters. The van der Waals surface area contributed by atoms with Gasteiger partial charge in [-0.25, -0.2) is 0 Å². The Bertz CT molecular complexity index is 840. The molecule has 7 heteroatoms. The molecule has 2 aliphatic rings. The molecule has 2 aromatic heterocycles. The van der Waals surface area contributed by atoms with E-state index in [0.29, 0.717) is 12.5 Å². The molecule has 0 saturated carbocycles. The van der Waals surface area contributed by atoms with Crippen molar-refractivity contribution in [2.75, 3.05) is 24.5 Å². The lowest BCUT2D eigenvalue weighted by molar-refractivity contribution is -0.117. The van der Waals surface area contributed by atoms with E-state index in [-0.39, 0.29) is 11.5 Å². The van der Waals surface area contributed by atoms with Crippen molar-refractivity contribution in [3.63, 3.8) is 0 Å². The van der Waals surface area contributed by atoms with Crippen LogP contribution >= 0.6 is 0 Å². The number of carbonyl (C=O) groups excluding carboxylic acids is 1. The summed E-state index contributed by atoms with van der Waals surface area (Å²) in [6.07, 6.45) is 8.33. The molecular weight excluding hydrogens is 318 g/mol. The number of aryl methyl sites for hydroxylation is 1. The van der Waals surface area contributed by atoms with Crippen LogP contribution in [0, 0.1) is 0 Å². The van der Waals surface area contributed by atoms with Crippen LogP contribution in [-0.2, 0) is 18.4 Å². The smallest absolute Gasteiger partial charge is 0.250 e. The number of amides is 1. The Hall–Kier alpha value is -2.41. The average Bonchev–Trinajstić information content (AvgIpc) is 3.31. The molecular formula is C18H23N5O2. The van der Waals surface area contributed by atoms with Crippen molar-refractivity contribution in [2.24, 2.45) is 7.05 Å². The van der Waals surface area contributed by atoms with Crippen molar-refractivity contribution in [1.29, 1.82) is 0 Å². The van der Waals surface area contributed by atoms with Crippen LogP contribution < -0.4 is 10.5 Å². The zero-order chi connectivity index (χ0) is 17.4. The van der Waals surface area contributed by atoms with Gasteiger partial charge in [0, 0.05) is 58.1 Å². The zero-order valence-electron chi connectivity index (χ0n) is 14.5.